The van der Waals surface area contributed by atoms with E-state index in [2.05, 4.69) is 38.8 Å². The Kier molecular flexibility index (Phi) is 3.66. The van der Waals surface area contributed by atoms with E-state index in [1.807, 2.05) is 6.92 Å². The molecule has 0 aromatic carbocycles. The van der Waals surface area contributed by atoms with E-state index in [-0.39, 0.29) is 0 Å². The highest BCUT2D eigenvalue weighted by Crippen LogP contribution is 2.33. The van der Waals surface area contributed by atoms with Crippen LogP contribution in [0.3, 0.4) is 0 Å². The summed E-state index contributed by atoms with van der Waals surface area (Å²) in [5, 5.41) is 12.6. The van der Waals surface area contributed by atoms with Crippen molar-refractivity contribution in [3.63, 3.8) is 0 Å². The molecule has 0 amide bonds. The van der Waals surface area contributed by atoms with Gasteiger partial charge in [-0.05, 0) is 41.7 Å². The molecule has 3 rings (SSSR count). The molecule has 0 unspecified atom stereocenters. The van der Waals surface area contributed by atoms with Crippen molar-refractivity contribution in [1.29, 1.82) is 0 Å². The Balaban J connectivity index is 1.65. The van der Waals surface area contributed by atoms with E-state index in [4.69, 9.17) is 4.42 Å². The molecule has 19 heavy (non-hydrogen) atoms. The summed E-state index contributed by atoms with van der Waals surface area (Å²) in [4.78, 5) is 2.44. The molecule has 3 heterocycles. The summed E-state index contributed by atoms with van der Waals surface area (Å²) in [6.07, 6.45) is 2.02. The van der Waals surface area contributed by atoms with Crippen LogP contribution < -0.4 is 0 Å². The lowest BCUT2D eigenvalue weighted by Crippen LogP contribution is -2.26. The van der Waals surface area contributed by atoms with Crippen molar-refractivity contribution in [1.82, 2.24) is 15.1 Å². The van der Waals surface area contributed by atoms with Gasteiger partial charge in [0, 0.05) is 19.0 Å². The van der Waals surface area contributed by atoms with Crippen LogP contribution in [0.5, 0.6) is 0 Å². The Morgan fingerprint density at radius 3 is 2.95 bits per heavy atom. The standard InChI is InChI=1S/C14H19N3OS/c1-3-13-15-16-14(18-13)8-17-7-12(6-10(17)2)11-4-5-19-9-11/h4-5,9-10,12H,3,6-8H2,1-2H3/t10-,12+/m1/s1. The highest BCUT2D eigenvalue weighted by atomic mass is 32.1. The van der Waals surface area contributed by atoms with Gasteiger partial charge in [0.25, 0.3) is 0 Å². The van der Waals surface area contributed by atoms with Gasteiger partial charge in [-0.25, -0.2) is 0 Å². The summed E-state index contributed by atoms with van der Waals surface area (Å²) >= 11 is 1.78. The molecule has 0 aliphatic carbocycles. The monoisotopic (exact) mass is 277 g/mol. The third-order valence-corrected chi connectivity index (χ3v) is 4.57. The number of thiophene rings is 1. The van der Waals surface area contributed by atoms with Gasteiger partial charge in [-0.15, -0.1) is 10.2 Å². The number of likely N-dealkylation sites (tertiary alicyclic amines) is 1. The number of aromatic nitrogens is 2. The van der Waals surface area contributed by atoms with E-state index in [1.165, 1.54) is 12.0 Å². The molecule has 2 aromatic rings. The number of hydrogen-bond donors (Lipinski definition) is 0. The first-order chi connectivity index (χ1) is 9.26. The van der Waals surface area contributed by atoms with Gasteiger partial charge in [-0.1, -0.05) is 6.92 Å². The minimum absolute atomic E-state index is 0.571. The third-order valence-electron chi connectivity index (χ3n) is 3.87. The fourth-order valence-corrected chi connectivity index (χ4v) is 3.48. The second-order valence-electron chi connectivity index (χ2n) is 5.21. The summed E-state index contributed by atoms with van der Waals surface area (Å²) in [6, 6.07) is 2.81. The van der Waals surface area contributed by atoms with Crippen molar-refractivity contribution >= 4 is 11.3 Å². The highest BCUT2D eigenvalue weighted by Gasteiger charge is 2.31. The number of aryl methyl sites for hydroxylation is 1. The van der Waals surface area contributed by atoms with E-state index in [1.54, 1.807) is 11.3 Å². The number of hydrogen-bond acceptors (Lipinski definition) is 5. The van der Waals surface area contributed by atoms with E-state index >= 15 is 0 Å². The minimum atomic E-state index is 0.571. The molecule has 2 atom stereocenters. The average molecular weight is 277 g/mol. The Morgan fingerprint density at radius 2 is 2.26 bits per heavy atom. The Labute approximate surface area is 117 Å². The Morgan fingerprint density at radius 1 is 1.42 bits per heavy atom. The molecule has 0 N–H and O–H groups in total. The van der Waals surface area contributed by atoms with Gasteiger partial charge in [0.2, 0.25) is 11.8 Å². The first-order valence-electron chi connectivity index (χ1n) is 6.83. The number of rotatable bonds is 4. The van der Waals surface area contributed by atoms with Crippen LogP contribution >= 0.6 is 11.3 Å². The maximum atomic E-state index is 5.61. The van der Waals surface area contributed by atoms with Crippen LogP contribution in [-0.2, 0) is 13.0 Å². The maximum absolute atomic E-state index is 5.61. The topological polar surface area (TPSA) is 42.2 Å². The van der Waals surface area contributed by atoms with Crippen molar-refractivity contribution in [3.05, 3.63) is 34.2 Å². The van der Waals surface area contributed by atoms with Crippen LogP contribution in [-0.4, -0.2) is 27.7 Å². The summed E-state index contributed by atoms with van der Waals surface area (Å²) in [7, 11) is 0. The van der Waals surface area contributed by atoms with Crippen molar-refractivity contribution in [2.75, 3.05) is 6.54 Å². The number of nitrogens with zero attached hydrogens (tertiary/aromatic N) is 3. The maximum Gasteiger partial charge on any atom is 0.230 e. The molecule has 1 saturated heterocycles. The van der Waals surface area contributed by atoms with Gasteiger partial charge in [-0.3, -0.25) is 4.90 Å². The van der Waals surface area contributed by atoms with E-state index in [0.29, 0.717) is 12.0 Å². The quantitative estimate of drug-likeness (QED) is 0.861. The van der Waals surface area contributed by atoms with Gasteiger partial charge in [0.05, 0.1) is 6.54 Å². The molecule has 1 aliphatic rings. The van der Waals surface area contributed by atoms with Crippen molar-refractivity contribution in [3.8, 4) is 0 Å². The first kappa shape index (κ1) is 12.8. The van der Waals surface area contributed by atoms with Gasteiger partial charge >= 0.3 is 0 Å². The lowest BCUT2D eigenvalue weighted by molar-refractivity contribution is 0.230. The summed E-state index contributed by atoms with van der Waals surface area (Å²) in [5.41, 5.74) is 1.47. The normalized spacial score (nSPS) is 24.1. The summed E-state index contributed by atoms with van der Waals surface area (Å²) < 4.78 is 5.61. The molecule has 4 nitrogen and oxygen atoms in total. The Bertz CT molecular complexity index is 523. The van der Waals surface area contributed by atoms with Crippen LogP contribution in [0.1, 0.15) is 43.5 Å². The summed E-state index contributed by atoms with van der Waals surface area (Å²) in [6.45, 7) is 6.17. The molecule has 5 heteroatoms. The Hall–Kier alpha value is -1.20. The van der Waals surface area contributed by atoms with E-state index < -0.39 is 0 Å². The zero-order valence-corrected chi connectivity index (χ0v) is 12.2. The second kappa shape index (κ2) is 5.43. The van der Waals surface area contributed by atoms with Crippen molar-refractivity contribution in [2.24, 2.45) is 0 Å². The fraction of sp³-hybridized carbons (Fsp3) is 0.571. The van der Waals surface area contributed by atoms with Crippen LogP contribution in [0, 0.1) is 0 Å². The van der Waals surface area contributed by atoms with Crippen LogP contribution in [0.25, 0.3) is 0 Å². The van der Waals surface area contributed by atoms with Gasteiger partial charge < -0.3 is 4.42 Å². The van der Waals surface area contributed by atoms with Gasteiger partial charge in [-0.2, -0.15) is 11.3 Å². The SMILES string of the molecule is CCc1nnc(CN2C[C@@H](c3ccsc3)C[C@H]2C)o1. The van der Waals surface area contributed by atoms with E-state index in [9.17, 15) is 0 Å². The van der Waals surface area contributed by atoms with Gasteiger partial charge in [0.1, 0.15) is 0 Å². The molecule has 1 aliphatic heterocycles. The minimum Gasteiger partial charge on any atom is -0.424 e. The largest absolute Gasteiger partial charge is 0.424 e. The van der Waals surface area contributed by atoms with E-state index in [0.717, 1.165) is 31.3 Å². The third kappa shape index (κ3) is 2.72. The van der Waals surface area contributed by atoms with Crippen molar-refractivity contribution < 1.29 is 4.42 Å². The highest BCUT2D eigenvalue weighted by molar-refractivity contribution is 7.07. The molecule has 1 fully saturated rings. The molecule has 0 spiro atoms. The smallest absolute Gasteiger partial charge is 0.230 e. The predicted octanol–water partition coefficient (Wildman–Crippen LogP) is 3.07. The summed E-state index contributed by atoms with van der Waals surface area (Å²) in [5.74, 6) is 2.13. The van der Waals surface area contributed by atoms with Crippen molar-refractivity contribution in [2.45, 2.75) is 45.2 Å². The molecule has 2 aromatic heterocycles. The van der Waals surface area contributed by atoms with Crippen LogP contribution in [0.4, 0.5) is 0 Å². The lowest BCUT2D eigenvalue weighted by Gasteiger charge is -2.18. The average Bonchev–Trinajstić information content (AvgIpc) is 3.12. The second-order valence-corrected chi connectivity index (χ2v) is 5.99. The molecule has 0 saturated carbocycles. The molecular formula is C14H19N3OS. The molecule has 0 bridgehead atoms. The van der Waals surface area contributed by atoms with Crippen LogP contribution in [0.2, 0.25) is 0 Å². The van der Waals surface area contributed by atoms with Gasteiger partial charge in [0.15, 0.2) is 0 Å². The first-order valence-corrected chi connectivity index (χ1v) is 7.78. The predicted molar refractivity (Wildman–Crippen MR) is 75.2 cm³/mol. The zero-order valence-electron chi connectivity index (χ0n) is 11.4. The van der Waals surface area contributed by atoms with Crippen LogP contribution in [0.15, 0.2) is 21.2 Å². The fourth-order valence-electron chi connectivity index (χ4n) is 2.74. The molecule has 0 radical (unpaired) electrons. The zero-order chi connectivity index (χ0) is 13.2. The lowest BCUT2D eigenvalue weighted by atomic mass is 10.00. The molecule has 102 valence electrons. The molecular weight excluding hydrogens is 258 g/mol.